The molecule has 0 amide bonds. The number of carbonyl (C=O) groups is 1. The largest absolute Gasteiger partial charge is 0.456 e. The second-order valence-electron chi connectivity index (χ2n) is 6.08. The van der Waals surface area contributed by atoms with E-state index in [1.165, 1.54) is 19.3 Å². The van der Waals surface area contributed by atoms with Gasteiger partial charge in [0.2, 0.25) is 5.78 Å². The lowest BCUT2D eigenvalue weighted by Crippen LogP contribution is -2.09. The zero-order chi connectivity index (χ0) is 12.3. The van der Waals surface area contributed by atoms with Crippen molar-refractivity contribution in [3.63, 3.8) is 0 Å². The summed E-state index contributed by atoms with van der Waals surface area (Å²) in [5, 5.41) is 0. The van der Waals surface area contributed by atoms with Crippen LogP contribution in [0.25, 0.3) is 0 Å². The van der Waals surface area contributed by atoms with E-state index in [4.69, 9.17) is 9.15 Å². The molecular weight excluding hydrogens is 228 g/mol. The van der Waals surface area contributed by atoms with Crippen LogP contribution in [-0.4, -0.2) is 12.9 Å². The van der Waals surface area contributed by atoms with Crippen LogP contribution in [0.15, 0.2) is 16.5 Å². The number of methoxy groups -OCH3 is 1. The summed E-state index contributed by atoms with van der Waals surface area (Å²) < 4.78 is 10.6. The van der Waals surface area contributed by atoms with E-state index in [9.17, 15) is 4.79 Å². The van der Waals surface area contributed by atoms with Crippen LogP contribution in [0.5, 0.6) is 0 Å². The molecule has 3 saturated carbocycles. The molecule has 3 nitrogen and oxygen atoms in total. The van der Waals surface area contributed by atoms with Gasteiger partial charge in [0.15, 0.2) is 5.76 Å². The fourth-order valence-corrected chi connectivity index (χ4v) is 4.57. The summed E-state index contributed by atoms with van der Waals surface area (Å²) in [5.41, 5.74) is 0. The Morgan fingerprint density at radius 3 is 2.72 bits per heavy atom. The highest BCUT2D eigenvalue weighted by atomic mass is 16.5. The second kappa shape index (κ2) is 3.70. The van der Waals surface area contributed by atoms with Crippen LogP contribution in [-0.2, 0) is 11.3 Å². The average Bonchev–Trinajstić information content (AvgIpc) is 2.76. The van der Waals surface area contributed by atoms with Crippen molar-refractivity contribution in [1.29, 1.82) is 0 Å². The molecule has 1 aromatic heterocycles. The molecule has 0 aliphatic heterocycles. The third kappa shape index (κ3) is 1.37. The summed E-state index contributed by atoms with van der Waals surface area (Å²) in [6, 6.07) is 3.66. The van der Waals surface area contributed by atoms with Gasteiger partial charge >= 0.3 is 0 Å². The molecule has 1 aromatic rings. The monoisotopic (exact) mass is 246 g/mol. The maximum absolute atomic E-state index is 12.4. The van der Waals surface area contributed by atoms with Gasteiger partial charge in [-0.05, 0) is 55.1 Å². The molecule has 96 valence electrons. The summed E-state index contributed by atoms with van der Waals surface area (Å²) in [6.07, 6.45) is 4.08. The van der Waals surface area contributed by atoms with Crippen LogP contribution in [0.4, 0.5) is 0 Å². The van der Waals surface area contributed by atoms with Gasteiger partial charge in [0.05, 0.1) is 0 Å². The first-order valence-corrected chi connectivity index (χ1v) is 6.91. The van der Waals surface area contributed by atoms with Crippen molar-refractivity contribution in [2.45, 2.75) is 25.9 Å². The number of ether oxygens (including phenoxy) is 1. The molecule has 18 heavy (non-hydrogen) atoms. The number of rotatable bonds is 4. The molecule has 1 heterocycles. The van der Waals surface area contributed by atoms with Crippen molar-refractivity contribution < 1.29 is 13.9 Å². The van der Waals surface area contributed by atoms with E-state index in [1.807, 2.05) is 12.1 Å². The predicted octanol–water partition coefficient (Wildman–Crippen LogP) is 2.90. The highest BCUT2D eigenvalue weighted by Gasteiger charge is 2.67. The van der Waals surface area contributed by atoms with Crippen molar-refractivity contribution >= 4 is 5.78 Å². The standard InChI is InChI=1S/C15H18O3/c1-17-7-10-4-5-11(18-10)15(16)14-12-8-2-3-9(6-8)13(12)14/h4-5,8-9,12-14H,2-3,6-7H2,1H3. The Hall–Kier alpha value is -1.09. The summed E-state index contributed by atoms with van der Waals surface area (Å²) >= 11 is 0. The molecule has 0 spiro atoms. The Morgan fingerprint density at radius 1 is 1.33 bits per heavy atom. The molecule has 4 rings (SSSR count). The number of ketones is 1. The van der Waals surface area contributed by atoms with E-state index in [0.29, 0.717) is 24.2 Å². The van der Waals surface area contributed by atoms with Crippen LogP contribution in [0, 0.1) is 29.6 Å². The molecule has 0 radical (unpaired) electrons. The predicted molar refractivity (Wildman–Crippen MR) is 65.1 cm³/mol. The summed E-state index contributed by atoms with van der Waals surface area (Å²) in [4.78, 5) is 12.4. The minimum absolute atomic E-state index is 0.240. The molecule has 3 fully saturated rings. The molecule has 3 heteroatoms. The first kappa shape index (κ1) is 10.8. The molecule has 0 N–H and O–H groups in total. The second-order valence-corrected chi connectivity index (χ2v) is 6.08. The molecule has 0 aromatic carbocycles. The molecule has 3 aliphatic rings. The maximum atomic E-state index is 12.4. The van der Waals surface area contributed by atoms with Crippen LogP contribution in [0.2, 0.25) is 0 Å². The lowest BCUT2D eigenvalue weighted by molar-refractivity contribution is 0.0908. The highest BCUT2D eigenvalue weighted by Crippen LogP contribution is 2.69. The molecule has 4 atom stereocenters. The highest BCUT2D eigenvalue weighted by molar-refractivity contribution is 5.98. The average molecular weight is 246 g/mol. The fraction of sp³-hybridized carbons (Fsp3) is 0.667. The summed E-state index contributed by atoms with van der Waals surface area (Å²) in [6.45, 7) is 0.441. The van der Waals surface area contributed by atoms with Gasteiger partial charge in [0.1, 0.15) is 12.4 Å². The molecule has 4 unspecified atom stereocenters. The van der Waals surface area contributed by atoms with E-state index in [2.05, 4.69) is 0 Å². The van der Waals surface area contributed by atoms with Gasteiger partial charge in [-0.3, -0.25) is 4.79 Å². The van der Waals surface area contributed by atoms with Crippen molar-refractivity contribution in [3.8, 4) is 0 Å². The van der Waals surface area contributed by atoms with Gasteiger partial charge in [0, 0.05) is 13.0 Å². The maximum Gasteiger partial charge on any atom is 0.201 e. The van der Waals surface area contributed by atoms with Gasteiger partial charge in [0.25, 0.3) is 0 Å². The minimum Gasteiger partial charge on any atom is -0.456 e. The lowest BCUT2D eigenvalue weighted by atomic mass is 9.99. The van der Waals surface area contributed by atoms with Crippen molar-refractivity contribution in [1.82, 2.24) is 0 Å². The number of Topliss-reactive ketones (excluding diaryl/α,β-unsaturated/α-hetero) is 1. The third-order valence-corrected chi connectivity index (χ3v) is 5.23. The molecule has 3 aliphatic carbocycles. The van der Waals surface area contributed by atoms with E-state index in [0.717, 1.165) is 17.6 Å². The number of fused-ring (bicyclic) bond motifs is 5. The zero-order valence-electron chi connectivity index (χ0n) is 10.6. The topological polar surface area (TPSA) is 39.4 Å². The van der Waals surface area contributed by atoms with Gasteiger partial charge in [-0.15, -0.1) is 0 Å². The van der Waals surface area contributed by atoms with Crippen molar-refractivity contribution in [3.05, 3.63) is 23.7 Å². The summed E-state index contributed by atoms with van der Waals surface area (Å²) in [5.74, 6) is 4.85. The number of hydrogen-bond acceptors (Lipinski definition) is 3. The smallest absolute Gasteiger partial charge is 0.201 e. The lowest BCUT2D eigenvalue weighted by Gasteiger charge is -2.05. The van der Waals surface area contributed by atoms with Crippen molar-refractivity contribution in [2.24, 2.45) is 29.6 Å². The van der Waals surface area contributed by atoms with Gasteiger partial charge in [-0.1, -0.05) is 0 Å². The normalized spacial score (nSPS) is 39.9. The van der Waals surface area contributed by atoms with Gasteiger partial charge < -0.3 is 9.15 Å². The molecular formula is C15H18O3. The van der Waals surface area contributed by atoms with E-state index in [-0.39, 0.29) is 11.7 Å². The fourth-order valence-electron chi connectivity index (χ4n) is 4.57. The Morgan fingerprint density at radius 2 is 2.06 bits per heavy atom. The first-order valence-electron chi connectivity index (χ1n) is 6.91. The molecule has 0 saturated heterocycles. The Bertz CT molecular complexity index is 474. The Kier molecular flexibility index (Phi) is 2.22. The van der Waals surface area contributed by atoms with Gasteiger partial charge in [-0.25, -0.2) is 0 Å². The zero-order valence-corrected chi connectivity index (χ0v) is 10.6. The number of hydrogen-bond donors (Lipinski definition) is 0. The molecule has 2 bridgehead atoms. The van der Waals surface area contributed by atoms with Gasteiger partial charge in [-0.2, -0.15) is 0 Å². The number of furan rings is 1. The Labute approximate surface area is 106 Å². The van der Waals surface area contributed by atoms with E-state index >= 15 is 0 Å². The van der Waals surface area contributed by atoms with Crippen LogP contribution >= 0.6 is 0 Å². The quantitative estimate of drug-likeness (QED) is 0.767. The Balaban J connectivity index is 1.51. The van der Waals surface area contributed by atoms with Crippen LogP contribution < -0.4 is 0 Å². The third-order valence-electron chi connectivity index (χ3n) is 5.23. The van der Waals surface area contributed by atoms with Crippen LogP contribution in [0.1, 0.15) is 35.6 Å². The first-order chi connectivity index (χ1) is 8.79. The van der Waals surface area contributed by atoms with Crippen LogP contribution in [0.3, 0.4) is 0 Å². The van der Waals surface area contributed by atoms with E-state index < -0.39 is 0 Å². The number of carbonyl (C=O) groups excluding carboxylic acids is 1. The SMILES string of the molecule is COCc1ccc(C(=O)C2C3C4CCC(C4)C23)o1. The minimum atomic E-state index is 0.240. The van der Waals surface area contributed by atoms with E-state index in [1.54, 1.807) is 7.11 Å². The summed E-state index contributed by atoms with van der Waals surface area (Å²) in [7, 11) is 1.63. The van der Waals surface area contributed by atoms with Crippen molar-refractivity contribution in [2.75, 3.05) is 7.11 Å².